The maximum atomic E-state index is 14.4. The molecular formula is C51H56N8O6. The molecule has 2 aliphatic heterocycles. The van der Waals surface area contributed by atoms with Crippen molar-refractivity contribution >= 4 is 45.8 Å². The van der Waals surface area contributed by atoms with E-state index in [0.717, 1.165) is 106 Å². The fourth-order valence-electron chi connectivity index (χ4n) is 10.8. The summed E-state index contributed by atoms with van der Waals surface area (Å²) < 4.78 is 9.80. The molecule has 10 rings (SSSR count). The number of aromatic amines is 2. The standard InChI is InChI=1S/C51H56N8O6/c1-28(2)42(56-50(62)64-3)49(61)59-37-20-17-36(26-37)45(59)47-52-27-40(54-47)31-15-13-30(14-16-31)33-18-21-38-34(24-33)19-22-39-44(38)55-46(53-39)41-12-7-23-58(41)48(60)43(57-51(63)65-4)35-11-6-10-32(25-35)29-8-5-9-29/h6,10-11,13-16,18-19,21-22,24-25,27-29,36-37,41-43,45H,5,7-9,12,17,20,23,26H2,1-4H3,(H,52,54)(H,53,55)(H,56,62)(H,57,63)/t36-,37+,41-,42-,43+,45-/m0/s1. The molecule has 6 atom stereocenters. The number of likely N-dealkylation sites (tertiary alicyclic amines) is 2. The van der Waals surface area contributed by atoms with Crippen molar-refractivity contribution in [2.24, 2.45) is 11.8 Å². The van der Waals surface area contributed by atoms with Crippen LogP contribution in [0.4, 0.5) is 9.59 Å². The van der Waals surface area contributed by atoms with Gasteiger partial charge in [-0.25, -0.2) is 19.6 Å². The normalized spacial score (nSPS) is 21.4. The van der Waals surface area contributed by atoms with Crippen molar-refractivity contribution in [3.8, 4) is 22.4 Å². The van der Waals surface area contributed by atoms with Crippen LogP contribution in [0.3, 0.4) is 0 Å². The van der Waals surface area contributed by atoms with Crippen LogP contribution in [-0.4, -0.2) is 86.6 Å². The second-order valence-corrected chi connectivity index (χ2v) is 18.6. The number of fused-ring (bicyclic) bond motifs is 5. The number of rotatable bonds is 11. The molecule has 4 aromatic carbocycles. The van der Waals surface area contributed by atoms with E-state index >= 15 is 0 Å². The average molecular weight is 877 g/mol. The summed E-state index contributed by atoms with van der Waals surface area (Å²) in [6.45, 7) is 4.42. The van der Waals surface area contributed by atoms with Crippen LogP contribution in [-0.2, 0) is 19.1 Å². The molecule has 4 N–H and O–H groups in total. The van der Waals surface area contributed by atoms with Crippen molar-refractivity contribution in [1.82, 2.24) is 40.4 Å². The minimum atomic E-state index is -0.880. The molecule has 65 heavy (non-hydrogen) atoms. The summed E-state index contributed by atoms with van der Waals surface area (Å²) >= 11 is 0. The fourth-order valence-corrected chi connectivity index (χ4v) is 10.8. The predicted octanol–water partition coefficient (Wildman–Crippen LogP) is 9.23. The predicted molar refractivity (Wildman–Crippen MR) is 247 cm³/mol. The van der Waals surface area contributed by atoms with Crippen LogP contribution < -0.4 is 10.6 Å². The molecule has 2 bridgehead atoms. The van der Waals surface area contributed by atoms with Crippen LogP contribution in [0.2, 0.25) is 0 Å². The smallest absolute Gasteiger partial charge is 0.407 e. The highest BCUT2D eigenvalue weighted by Gasteiger charge is 2.51. The van der Waals surface area contributed by atoms with Gasteiger partial charge in [-0.15, -0.1) is 0 Å². The van der Waals surface area contributed by atoms with Crippen molar-refractivity contribution in [3.05, 3.63) is 108 Å². The number of hydrogen-bond donors (Lipinski definition) is 4. The molecule has 2 saturated carbocycles. The quantitative estimate of drug-likeness (QED) is 0.0997. The Bertz CT molecular complexity index is 2780. The highest BCUT2D eigenvalue weighted by Crippen LogP contribution is 2.50. The van der Waals surface area contributed by atoms with Gasteiger partial charge in [-0.1, -0.05) is 87.0 Å². The number of benzene rings is 4. The van der Waals surface area contributed by atoms with Gasteiger partial charge in [0.2, 0.25) is 5.91 Å². The Hall–Kier alpha value is -6.70. The summed E-state index contributed by atoms with van der Waals surface area (Å²) in [6, 6.07) is 25.1. The number of methoxy groups -OCH3 is 2. The first-order valence-corrected chi connectivity index (χ1v) is 23.1. The van der Waals surface area contributed by atoms with Gasteiger partial charge in [0.05, 0.1) is 49.2 Å². The summed E-state index contributed by atoms with van der Waals surface area (Å²) in [5, 5.41) is 7.66. The lowest BCUT2D eigenvalue weighted by molar-refractivity contribution is -0.139. The van der Waals surface area contributed by atoms with Gasteiger partial charge >= 0.3 is 12.2 Å². The van der Waals surface area contributed by atoms with Crippen LogP contribution in [0.15, 0.2) is 85.1 Å². The van der Waals surface area contributed by atoms with E-state index in [4.69, 9.17) is 19.4 Å². The molecule has 0 spiro atoms. The van der Waals surface area contributed by atoms with Crippen LogP contribution in [0.1, 0.15) is 112 Å². The molecule has 2 aliphatic carbocycles. The maximum Gasteiger partial charge on any atom is 0.407 e. The van der Waals surface area contributed by atoms with E-state index in [1.54, 1.807) is 0 Å². The number of aromatic nitrogens is 4. The van der Waals surface area contributed by atoms with Gasteiger partial charge in [0.1, 0.15) is 23.7 Å². The fraction of sp³-hybridized carbons (Fsp3) is 0.412. The van der Waals surface area contributed by atoms with Crippen LogP contribution >= 0.6 is 0 Å². The molecule has 336 valence electrons. The average Bonchev–Trinajstić information content (AvgIpc) is 4.17. The largest absolute Gasteiger partial charge is 0.453 e. The second kappa shape index (κ2) is 17.4. The monoisotopic (exact) mass is 876 g/mol. The summed E-state index contributed by atoms with van der Waals surface area (Å²) in [4.78, 5) is 74.0. The van der Waals surface area contributed by atoms with Crippen molar-refractivity contribution in [3.63, 3.8) is 0 Å². The minimum absolute atomic E-state index is 0.0956. The molecule has 6 aromatic rings. The number of nitrogens with zero attached hydrogens (tertiary/aromatic N) is 4. The first kappa shape index (κ1) is 42.3. The summed E-state index contributed by atoms with van der Waals surface area (Å²) in [5.74, 6) is 1.91. The first-order chi connectivity index (χ1) is 31.6. The third-order valence-corrected chi connectivity index (χ3v) is 14.5. The number of ether oxygens (including phenoxy) is 2. The highest BCUT2D eigenvalue weighted by atomic mass is 16.5. The van der Waals surface area contributed by atoms with E-state index < -0.39 is 24.3 Å². The Labute approximate surface area is 377 Å². The number of imidazole rings is 2. The topological polar surface area (TPSA) is 175 Å². The Morgan fingerprint density at radius 2 is 1.54 bits per heavy atom. The van der Waals surface area contributed by atoms with E-state index in [1.165, 1.54) is 26.2 Å². The lowest BCUT2D eigenvalue weighted by Crippen LogP contribution is -2.54. The zero-order chi connectivity index (χ0) is 44.9. The zero-order valence-corrected chi connectivity index (χ0v) is 37.3. The number of piperidine rings is 1. The minimum Gasteiger partial charge on any atom is -0.453 e. The maximum absolute atomic E-state index is 14.4. The molecule has 14 nitrogen and oxygen atoms in total. The summed E-state index contributed by atoms with van der Waals surface area (Å²) in [5.41, 5.74) is 7.70. The molecular weight excluding hydrogens is 821 g/mol. The third kappa shape index (κ3) is 7.86. The Kier molecular flexibility index (Phi) is 11.3. The number of H-pyrrole nitrogens is 2. The molecule has 2 saturated heterocycles. The number of hydrogen-bond acceptors (Lipinski definition) is 8. The van der Waals surface area contributed by atoms with E-state index in [2.05, 4.69) is 87.3 Å². The van der Waals surface area contributed by atoms with E-state index in [1.807, 2.05) is 42.0 Å². The van der Waals surface area contributed by atoms with Crippen LogP contribution in [0, 0.1) is 11.8 Å². The van der Waals surface area contributed by atoms with Gasteiger partial charge in [-0.2, -0.15) is 0 Å². The molecule has 4 heterocycles. The van der Waals surface area contributed by atoms with Crippen molar-refractivity contribution in [1.29, 1.82) is 0 Å². The second-order valence-electron chi connectivity index (χ2n) is 18.6. The molecule has 0 radical (unpaired) electrons. The highest BCUT2D eigenvalue weighted by molar-refractivity contribution is 6.05. The number of carbonyl (C=O) groups excluding carboxylic acids is 4. The number of carbonyl (C=O) groups is 4. The Morgan fingerprint density at radius 3 is 2.29 bits per heavy atom. The van der Waals surface area contributed by atoms with Gasteiger partial charge in [-0.05, 0) is 108 Å². The molecule has 4 fully saturated rings. The van der Waals surface area contributed by atoms with E-state index in [0.29, 0.717) is 18.4 Å². The van der Waals surface area contributed by atoms with Crippen molar-refractivity contribution in [2.75, 3.05) is 20.8 Å². The Balaban J connectivity index is 0.863. The molecule has 4 aliphatic rings. The van der Waals surface area contributed by atoms with Gasteiger partial charge in [0, 0.05) is 18.0 Å². The van der Waals surface area contributed by atoms with Gasteiger partial charge in [0.25, 0.3) is 5.91 Å². The molecule has 0 unspecified atom stereocenters. The Morgan fingerprint density at radius 1 is 0.769 bits per heavy atom. The first-order valence-electron chi connectivity index (χ1n) is 23.1. The van der Waals surface area contributed by atoms with Crippen molar-refractivity contribution in [2.45, 2.75) is 101 Å². The third-order valence-electron chi connectivity index (χ3n) is 14.5. The molecule has 4 amide bonds. The van der Waals surface area contributed by atoms with Gasteiger partial charge < -0.3 is 39.9 Å². The van der Waals surface area contributed by atoms with Crippen LogP contribution in [0.5, 0.6) is 0 Å². The SMILES string of the molecule is COC(=O)N[C@H](C(=O)N1[C@@H]2CC[C@@H](C2)[C@H]1c1ncc(-c2ccc(-c3ccc4c(ccc5[nH]c([C@@H]6CCCN6C(=O)[C@H](NC(=O)OC)c6cccc(C7CCC7)c6)nc54)c3)cc2)[nH]1)C(C)C. The van der Waals surface area contributed by atoms with Crippen LogP contribution in [0.25, 0.3) is 44.2 Å². The zero-order valence-electron chi connectivity index (χ0n) is 37.3. The lowest BCUT2D eigenvalue weighted by atomic mass is 9.79. The lowest BCUT2D eigenvalue weighted by Gasteiger charge is -2.37. The van der Waals surface area contributed by atoms with Gasteiger partial charge in [0.15, 0.2) is 0 Å². The number of amides is 4. The number of alkyl carbamates (subject to hydrolysis) is 2. The molecule has 2 aromatic heterocycles. The summed E-state index contributed by atoms with van der Waals surface area (Å²) in [6.07, 6.45) is 8.56. The molecule has 14 heteroatoms. The van der Waals surface area contributed by atoms with E-state index in [-0.39, 0.29) is 35.9 Å². The number of nitrogens with one attached hydrogen (secondary N) is 4. The van der Waals surface area contributed by atoms with E-state index in [9.17, 15) is 19.2 Å². The van der Waals surface area contributed by atoms with Gasteiger partial charge in [-0.3, -0.25) is 9.59 Å². The summed E-state index contributed by atoms with van der Waals surface area (Å²) in [7, 11) is 2.62. The van der Waals surface area contributed by atoms with Crippen molar-refractivity contribution < 1.29 is 28.7 Å².